The molecule has 3 aromatic carbocycles. The first kappa shape index (κ1) is 45.8. The Morgan fingerprint density at radius 2 is 1.70 bits per heavy atom. The van der Waals surface area contributed by atoms with E-state index in [0.29, 0.717) is 64.1 Å². The topological polar surface area (TPSA) is 111 Å². The third kappa shape index (κ3) is 9.47. The number of ether oxygens (including phenoxy) is 1. The van der Waals surface area contributed by atoms with Crippen molar-refractivity contribution in [2.75, 3.05) is 29.9 Å². The van der Waals surface area contributed by atoms with Crippen LogP contribution in [-0.2, 0) is 14.3 Å². The maximum absolute atomic E-state index is 15.1. The standard InChI is InChI=1S/C53H57Cl3N6O4/c1-32-11-9-26-62-49(38-19-18-35(54)30-40(38)56)39-29-36(55)31-42-46(39)47(50(62)45(32)34-13-6-5-7-14-34)48(58-42)52(65)59-41-15-8-24-57-51(41)60-27-22-37(23-28-60)61-25-10-12-33(16-20-43(61)63)17-21-44(64)66-53(2,3)4/h5-9,13-15,18-19,24,26,29-33,37,49,58H,10-12,16-17,20-23,25,27-28H2,1-4H3,(H,59,65). The monoisotopic (exact) mass is 946 g/mol. The smallest absolute Gasteiger partial charge is 0.306 e. The number of anilines is 2. The maximum Gasteiger partial charge on any atom is 0.306 e. The molecule has 2 N–H and O–H groups in total. The predicted octanol–water partition coefficient (Wildman–Crippen LogP) is 12.7. The fourth-order valence-electron chi connectivity index (χ4n) is 10.6. The van der Waals surface area contributed by atoms with Crippen LogP contribution >= 0.6 is 34.8 Å². The van der Waals surface area contributed by atoms with E-state index in [4.69, 9.17) is 44.5 Å². The molecule has 2 aromatic heterocycles. The molecule has 2 amide bonds. The molecule has 0 radical (unpaired) electrons. The van der Waals surface area contributed by atoms with Crippen LogP contribution in [0.15, 0.2) is 91.3 Å². The number of rotatable bonds is 9. The van der Waals surface area contributed by atoms with Crippen LogP contribution in [-0.4, -0.2) is 68.8 Å². The molecule has 0 saturated carbocycles. The van der Waals surface area contributed by atoms with E-state index in [1.54, 1.807) is 12.3 Å². The van der Waals surface area contributed by atoms with E-state index in [9.17, 15) is 9.59 Å². The Balaban J connectivity index is 0.990. The normalized spacial score (nSPS) is 20.5. The predicted molar refractivity (Wildman–Crippen MR) is 266 cm³/mol. The van der Waals surface area contributed by atoms with Gasteiger partial charge in [0.05, 0.1) is 17.4 Å². The summed E-state index contributed by atoms with van der Waals surface area (Å²) in [7, 11) is 0. The summed E-state index contributed by atoms with van der Waals surface area (Å²) in [6.07, 6.45) is 12.8. The summed E-state index contributed by atoms with van der Waals surface area (Å²) < 4.78 is 5.52. The van der Waals surface area contributed by atoms with Gasteiger partial charge < -0.3 is 29.7 Å². The molecule has 2 fully saturated rings. The SMILES string of the molecule is CC1CC=CN2C(=C1c1ccccc1)c1c(C(=O)Nc3cccnc3N3CCC(N4CCCC(CCC(=O)OC(C)(C)C)CCC4=O)CC3)[nH]c3cc(Cl)cc(c13)C2c1ccc(Cl)cc1Cl. The highest BCUT2D eigenvalue weighted by molar-refractivity contribution is 6.35. The highest BCUT2D eigenvalue weighted by Gasteiger charge is 2.41. The number of carbonyl (C=O) groups is 3. The first-order chi connectivity index (χ1) is 31.7. The average molecular weight is 948 g/mol. The van der Waals surface area contributed by atoms with Gasteiger partial charge in [-0.1, -0.05) is 84.2 Å². The van der Waals surface area contributed by atoms with Crippen molar-refractivity contribution in [2.24, 2.45) is 11.8 Å². The van der Waals surface area contributed by atoms with Gasteiger partial charge in [0.15, 0.2) is 5.82 Å². The van der Waals surface area contributed by atoms with Crippen LogP contribution in [0.5, 0.6) is 0 Å². The number of piperidine rings is 1. The molecule has 66 heavy (non-hydrogen) atoms. The Labute approximate surface area is 402 Å². The van der Waals surface area contributed by atoms with Crippen molar-refractivity contribution in [2.45, 2.75) is 103 Å². The van der Waals surface area contributed by atoms with E-state index in [-0.39, 0.29) is 35.8 Å². The molecule has 2 saturated heterocycles. The molecule has 0 spiro atoms. The van der Waals surface area contributed by atoms with Crippen LogP contribution in [0, 0.1) is 11.8 Å². The second-order valence-electron chi connectivity index (χ2n) is 19.2. The minimum Gasteiger partial charge on any atom is -0.460 e. The second kappa shape index (κ2) is 19.1. The molecular weight excluding hydrogens is 891 g/mol. The van der Waals surface area contributed by atoms with E-state index < -0.39 is 5.60 Å². The number of aromatic nitrogens is 2. The van der Waals surface area contributed by atoms with Gasteiger partial charge in [0.1, 0.15) is 11.3 Å². The first-order valence-electron chi connectivity index (χ1n) is 23.3. The van der Waals surface area contributed by atoms with Crippen LogP contribution < -0.4 is 10.2 Å². The number of nitrogens with one attached hydrogen (secondary N) is 2. The minimum atomic E-state index is -0.495. The van der Waals surface area contributed by atoms with Gasteiger partial charge in [-0.2, -0.15) is 0 Å². The van der Waals surface area contributed by atoms with Gasteiger partial charge in [0, 0.05) is 82.4 Å². The molecule has 6 heterocycles. The number of halogens is 3. The number of fused-ring (bicyclic) bond motifs is 2. The zero-order valence-corrected chi connectivity index (χ0v) is 40.3. The van der Waals surface area contributed by atoms with Gasteiger partial charge >= 0.3 is 5.97 Å². The zero-order chi connectivity index (χ0) is 46.3. The number of hydrogen-bond donors (Lipinski definition) is 2. The van der Waals surface area contributed by atoms with Crippen LogP contribution in [0.2, 0.25) is 15.1 Å². The van der Waals surface area contributed by atoms with Crippen molar-refractivity contribution >= 4 is 86.3 Å². The number of likely N-dealkylation sites (tertiary alicyclic amines) is 1. The largest absolute Gasteiger partial charge is 0.460 e. The number of hydrogen-bond acceptors (Lipinski definition) is 7. The van der Waals surface area contributed by atoms with Gasteiger partial charge in [0.2, 0.25) is 5.91 Å². The van der Waals surface area contributed by atoms with Crippen LogP contribution in [0.25, 0.3) is 22.2 Å². The molecule has 3 atom stereocenters. The molecule has 0 aliphatic carbocycles. The van der Waals surface area contributed by atoms with Gasteiger partial charge in [-0.3, -0.25) is 14.4 Å². The highest BCUT2D eigenvalue weighted by atomic mass is 35.5. The van der Waals surface area contributed by atoms with Crippen molar-refractivity contribution in [1.82, 2.24) is 19.8 Å². The number of benzene rings is 3. The third-order valence-corrected chi connectivity index (χ3v) is 14.3. The van der Waals surface area contributed by atoms with Crippen molar-refractivity contribution in [3.8, 4) is 0 Å². The summed E-state index contributed by atoms with van der Waals surface area (Å²) in [6.45, 7) is 9.99. The number of aromatic amines is 1. The maximum atomic E-state index is 15.1. The molecule has 13 heteroatoms. The van der Waals surface area contributed by atoms with Crippen molar-refractivity contribution in [1.29, 1.82) is 0 Å². The molecule has 4 aliphatic rings. The molecule has 10 nitrogen and oxygen atoms in total. The summed E-state index contributed by atoms with van der Waals surface area (Å²) >= 11 is 20.4. The van der Waals surface area contributed by atoms with Gasteiger partial charge in [0.25, 0.3) is 5.91 Å². The molecule has 4 aliphatic heterocycles. The van der Waals surface area contributed by atoms with Crippen LogP contribution in [0.1, 0.15) is 124 Å². The molecule has 344 valence electrons. The summed E-state index contributed by atoms with van der Waals surface area (Å²) in [5.74, 6) is 0.860. The molecule has 9 rings (SSSR count). The lowest BCUT2D eigenvalue weighted by atomic mass is 9.82. The Bertz CT molecular complexity index is 2720. The fourth-order valence-corrected chi connectivity index (χ4v) is 11.3. The Morgan fingerprint density at radius 1 is 0.909 bits per heavy atom. The number of carbonyl (C=O) groups excluding carboxylic acids is 3. The lowest BCUT2D eigenvalue weighted by molar-refractivity contribution is -0.155. The number of amides is 2. The number of allylic oxidation sites excluding steroid dienone is 2. The van der Waals surface area contributed by atoms with Gasteiger partial charge in [-0.05, 0) is 136 Å². The van der Waals surface area contributed by atoms with E-state index in [1.807, 2.05) is 63.2 Å². The van der Waals surface area contributed by atoms with E-state index in [1.165, 1.54) is 0 Å². The molecule has 5 aromatic rings. The minimum absolute atomic E-state index is 0.106. The number of esters is 1. The second-order valence-corrected chi connectivity index (χ2v) is 20.5. The van der Waals surface area contributed by atoms with E-state index in [2.05, 4.69) is 68.5 Å². The van der Waals surface area contributed by atoms with Crippen molar-refractivity contribution in [3.63, 3.8) is 0 Å². The number of H-pyrrole nitrogens is 1. The van der Waals surface area contributed by atoms with E-state index in [0.717, 1.165) is 95.9 Å². The lowest BCUT2D eigenvalue weighted by Crippen LogP contribution is -2.48. The summed E-state index contributed by atoms with van der Waals surface area (Å²) in [6, 6.07) is 23.4. The zero-order valence-electron chi connectivity index (χ0n) is 38.0. The van der Waals surface area contributed by atoms with Crippen molar-refractivity contribution in [3.05, 3.63) is 134 Å². The van der Waals surface area contributed by atoms with Gasteiger partial charge in [-0.25, -0.2) is 4.98 Å². The van der Waals surface area contributed by atoms with Crippen LogP contribution in [0.3, 0.4) is 0 Å². The number of nitrogens with zero attached hydrogens (tertiary/aromatic N) is 4. The summed E-state index contributed by atoms with van der Waals surface area (Å²) in [4.78, 5) is 56.0. The Kier molecular flexibility index (Phi) is 13.3. The fraction of sp³-hybridized carbons (Fsp3) is 0.396. The quantitative estimate of drug-likeness (QED) is 0.142. The van der Waals surface area contributed by atoms with Crippen molar-refractivity contribution < 1.29 is 19.1 Å². The third-order valence-electron chi connectivity index (χ3n) is 13.5. The van der Waals surface area contributed by atoms with Crippen LogP contribution in [0.4, 0.5) is 11.5 Å². The molecule has 3 unspecified atom stereocenters. The Hall–Kier alpha value is -5.29. The first-order valence-corrected chi connectivity index (χ1v) is 24.4. The highest BCUT2D eigenvalue weighted by Crippen LogP contribution is 2.54. The lowest BCUT2D eigenvalue weighted by Gasteiger charge is -2.40. The van der Waals surface area contributed by atoms with E-state index >= 15 is 4.79 Å². The molecular formula is C53H57Cl3N6O4. The van der Waals surface area contributed by atoms with Gasteiger partial charge in [-0.15, -0.1) is 0 Å². The number of pyridine rings is 1. The summed E-state index contributed by atoms with van der Waals surface area (Å²) in [5, 5.41) is 5.81. The molecule has 0 bridgehead atoms. The average Bonchev–Trinajstić information content (AvgIpc) is 3.57. The summed E-state index contributed by atoms with van der Waals surface area (Å²) in [5.41, 5.74) is 6.98. The Morgan fingerprint density at radius 3 is 2.45 bits per heavy atom.